The topological polar surface area (TPSA) is 85.0 Å². The summed E-state index contributed by atoms with van der Waals surface area (Å²) in [7, 11) is 0. The highest BCUT2D eigenvalue weighted by atomic mass is 19.4. The molecule has 9 nitrogen and oxygen atoms in total. The SMILES string of the molecule is Cc1nc(N2CCC3(CCN(c4nc5c(cnn5CC(F)F)c(=O)n4CC4CC4)CC3)C2)cc(C(F)(F)F)n1. The molecular weight excluding hydrogens is 523 g/mol. The number of aromatic nitrogens is 6. The molecule has 2 aliphatic heterocycles. The van der Waals surface area contributed by atoms with Gasteiger partial charge in [-0.25, -0.2) is 23.4 Å². The lowest BCUT2D eigenvalue weighted by molar-refractivity contribution is -0.141. The first-order valence-corrected chi connectivity index (χ1v) is 13.2. The Labute approximate surface area is 220 Å². The van der Waals surface area contributed by atoms with Crippen LogP contribution in [0.4, 0.5) is 33.7 Å². The van der Waals surface area contributed by atoms with Gasteiger partial charge in [0.25, 0.3) is 12.0 Å². The first-order valence-electron chi connectivity index (χ1n) is 13.2. The van der Waals surface area contributed by atoms with E-state index in [1.54, 1.807) is 4.57 Å². The van der Waals surface area contributed by atoms with Crippen LogP contribution >= 0.6 is 0 Å². The van der Waals surface area contributed by atoms with E-state index in [4.69, 9.17) is 4.98 Å². The van der Waals surface area contributed by atoms with Crippen molar-refractivity contribution in [3.05, 3.63) is 34.1 Å². The lowest BCUT2D eigenvalue weighted by Crippen LogP contribution is -2.44. The summed E-state index contributed by atoms with van der Waals surface area (Å²) in [5.74, 6) is 1.24. The van der Waals surface area contributed by atoms with Gasteiger partial charge in [0.05, 0.1) is 6.20 Å². The maximum absolute atomic E-state index is 13.4. The van der Waals surface area contributed by atoms with E-state index >= 15 is 0 Å². The van der Waals surface area contributed by atoms with Crippen LogP contribution in [0.2, 0.25) is 0 Å². The monoisotopic (exact) mass is 552 g/mol. The van der Waals surface area contributed by atoms with E-state index in [2.05, 4.69) is 15.1 Å². The molecule has 210 valence electrons. The second-order valence-corrected chi connectivity index (χ2v) is 11.0. The zero-order chi connectivity index (χ0) is 27.5. The van der Waals surface area contributed by atoms with Crippen molar-refractivity contribution in [1.29, 1.82) is 0 Å². The van der Waals surface area contributed by atoms with E-state index in [0.29, 0.717) is 44.6 Å². The molecule has 0 N–H and O–H groups in total. The Morgan fingerprint density at radius 3 is 2.38 bits per heavy atom. The summed E-state index contributed by atoms with van der Waals surface area (Å²) < 4.78 is 68.9. The molecule has 1 aliphatic carbocycles. The standard InChI is InChI=1S/C25H29F5N8O/c1-15-32-18(25(28,29)30)10-20(33-15)36-9-6-24(14-36)4-7-35(8-5-24)23-34-21-17(11-31-38(21)13-19(26)27)22(39)37(23)12-16-2-3-16/h10-11,16,19H,2-9,12-14H2,1H3. The Morgan fingerprint density at radius 2 is 1.74 bits per heavy atom. The lowest BCUT2D eigenvalue weighted by Gasteiger charge is -2.40. The Bertz CT molecular complexity index is 1440. The summed E-state index contributed by atoms with van der Waals surface area (Å²) in [6.45, 7) is 3.71. The Kier molecular flexibility index (Phi) is 6.25. The van der Waals surface area contributed by atoms with Gasteiger partial charge in [0, 0.05) is 38.8 Å². The van der Waals surface area contributed by atoms with Crippen molar-refractivity contribution in [1.82, 2.24) is 29.3 Å². The van der Waals surface area contributed by atoms with Gasteiger partial charge < -0.3 is 9.80 Å². The molecule has 0 bridgehead atoms. The third-order valence-corrected chi connectivity index (χ3v) is 8.17. The van der Waals surface area contributed by atoms with E-state index in [9.17, 15) is 26.7 Å². The van der Waals surface area contributed by atoms with Crippen molar-refractivity contribution >= 4 is 22.8 Å². The van der Waals surface area contributed by atoms with E-state index in [-0.39, 0.29) is 33.6 Å². The predicted molar refractivity (Wildman–Crippen MR) is 133 cm³/mol. The highest BCUT2D eigenvalue weighted by molar-refractivity contribution is 5.75. The first kappa shape index (κ1) is 25.9. The molecule has 2 saturated heterocycles. The summed E-state index contributed by atoms with van der Waals surface area (Å²) in [4.78, 5) is 29.8. The minimum atomic E-state index is -4.54. The summed E-state index contributed by atoms with van der Waals surface area (Å²) in [5.41, 5.74) is -1.15. The van der Waals surface area contributed by atoms with Gasteiger partial charge in [-0.3, -0.25) is 9.36 Å². The molecule has 0 aromatic carbocycles. The summed E-state index contributed by atoms with van der Waals surface area (Å²) in [6, 6.07) is 1.01. The smallest absolute Gasteiger partial charge is 0.356 e. The van der Waals surface area contributed by atoms with Crippen molar-refractivity contribution in [2.24, 2.45) is 11.3 Å². The third-order valence-electron chi connectivity index (χ3n) is 8.17. The van der Waals surface area contributed by atoms with E-state index < -0.39 is 24.8 Å². The summed E-state index contributed by atoms with van der Waals surface area (Å²) >= 11 is 0. The average molecular weight is 553 g/mol. The van der Waals surface area contributed by atoms with Crippen molar-refractivity contribution in [2.45, 2.75) is 64.7 Å². The zero-order valence-corrected chi connectivity index (χ0v) is 21.5. The van der Waals surface area contributed by atoms with Gasteiger partial charge in [-0.1, -0.05) is 0 Å². The van der Waals surface area contributed by atoms with Crippen molar-refractivity contribution in [3.8, 4) is 0 Å². The largest absolute Gasteiger partial charge is 0.433 e. The molecule has 3 fully saturated rings. The number of nitrogens with zero attached hydrogens (tertiary/aromatic N) is 8. The van der Waals surface area contributed by atoms with Crippen molar-refractivity contribution < 1.29 is 22.0 Å². The minimum absolute atomic E-state index is 0.0803. The highest BCUT2D eigenvalue weighted by Crippen LogP contribution is 2.43. The molecule has 6 rings (SSSR count). The van der Waals surface area contributed by atoms with Crippen molar-refractivity contribution in [3.63, 3.8) is 0 Å². The molecular formula is C25H29F5N8O. The molecule has 3 aromatic rings. The number of fused-ring (bicyclic) bond motifs is 1. The normalized spacial score (nSPS) is 19.7. The fraction of sp³-hybridized carbons (Fsp3) is 0.640. The molecule has 0 unspecified atom stereocenters. The number of halogens is 5. The number of aryl methyl sites for hydroxylation is 1. The zero-order valence-electron chi connectivity index (χ0n) is 21.5. The highest BCUT2D eigenvalue weighted by Gasteiger charge is 2.43. The van der Waals surface area contributed by atoms with Crippen LogP contribution in [-0.2, 0) is 19.3 Å². The van der Waals surface area contributed by atoms with Gasteiger partial charge in [-0.2, -0.15) is 23.3 Å². The molecule has 39 heavy (non-hydrogen) atoms. The van der Waals surface area contributed by atoms with Crippen LogP contribution in [0.25, 0.3) is 11.0 Å². The summed E-state index contributed by atoms with van der Waals surface area (Å²) in [5, 5.41) is 4.23. The molecule has 0 amide bonds. The van der Waals surface area contributed by atoms with Crippen LogP contribution in [0.1, 0.15) is 43.6 Å². The number of anilines is 2. The van der Waals surface area contributed by atoms with Gasteiger partial charge in [-0.15, -0.1) is 0 Å². The second kappa shape index (κ2) is 9.40. The second-order valence-electron chi connectivity index (χ2n) is 11.0. The quantitative estimate of drug-likeness (QED) is 0.429. The van der Waals surface area contributed by atoms with Gasteiger partial charge in [-0.05, 0) is 50.4 Å². The number of hydrogen-bond acceptors (Lipinski definition) is 7. The van der Waals surface area contributed by atoms with Gasteiger partial charge in [0.15, 0.2) is 5.65 Å². The number of hydrogen-bond donors (Lipinski definition) is 0. The molecule has 3 aliphatic rings. The Morgan fingerprint density at radius 1 is 1.05 bits per heavy atom. The predicted octanol–water partition coefficient (Wildman–Crippen LogP) is 3.88. The van der Waals surface area contributed by atoms with Gasteiger partial charge in [0.1, 0.15) is 29.3 Å². The van der Waals surface area contributed by atoms with Gasteiger partial charge in [0.2, 0.25) is 5.95 Å². The Hall–Kier alpha value is -3.32. The number of alkyl halides is 5. The minimum Gasteiger partial charge on any atom is -0.356 e. The van der Waals surface area contributed by atoms with Crippen LogP contribution in [0.15, 0.2) is 17.1 Å². The average Bonchev–Trinajstić information content (AvgIpc) is 3.47. The van der Waals surface area contributed by atoms with E-state index in [1.165, 1.54) is 13.1 Å². The first-order chi connectivity index (χ1) is 18.5. The van der Waals surface area contributed by atoms with Crippen LogP contribution in [0.3, 0.4) is 0 Å². The molecule has 14 heteroatoms. The fourth-order valence-corrected chi connectivity index (χ4v) is 5.85. The van der Waals surface area contributed by atoms with Crippen LogP contribution < -0.4 is 15.4 Å². The van der Waals surface area contributed by atoms with Crippen molar-refractivity contribution in [2.75, 3.05) is 36.0 Å². The molecule has 3 aromatic heterocycles. The van der Waals surface area contributed by atoms with Crippen LogP contribution in [0, 0.1) is 18.3 Å². The number of piperidine rings is 1. The molecule has 0 radical (unpaired) electrons. The van der Waals surface area contributed by atoms with E-state index in [1.807, 2.05) is 9.80 Å². The number of rotatable bonds is 6. The Balaban J connectivity index is 1.24. The summed E-state index contributed by atoms with van der Waals surface area (Å²) in [6.07, 6.45) is -1.46. The molecule has 1 saturated carbocycles. The molecule has 0 atom stereocenters. The third kappa shape index (κ3) is 5.05. The fourth-order valence-electron chi connectivity index (χ4n) is 5.85. The van der Waals surface area contributed by atoms with Gasteiger partial charge >= 0.3 is 6.18 Å². The molecule has 1 spiro atoms. The van der Waals surface area contributed by atoms with E-state index in [0.717, 1.165) is 42.9 Å². The molecule has 5 heterocycles. The van der Waals surface area contributed by atoms with Crippen LogP contribution in [0.5, 0.6) is 0 Å². The lowest BCUT2D eigenvalue weighted by atomic mass is 9.78. The maximum Gasteiger partial charge on any atom is 0.433 e. The maximum atomic E-state index is 13.4. The van der Waals surface area contributed by atoms with Crippen LogP contribution in [-0.4, -0.2) is 61.9 Å².